The van der Waals surface area contributed by atoms with Gasteiger partial charge in [0.1, 0.15) is 12.3 Å². The highest BCUT2D eigenvalue weighted by Gasteiger charge is 2.59. The smallest absolute Gasteiger partial charge is 0.338 e. The maximum absolute atomic E-state index is 15.0. The fourth-order valence-corrected chi connectivity index (χ4v) is 4.83. The van der Waals surface area contributed by atoms with E-state index in [1.54, 1.807) is 0 Å². The summed E-state index contributed by atoms with van der Waals surface area (Å²) in [5.74, 6) is -1.80. The summed E-state index contributed by atoms with van der Waals surface area (Å²) >= 11 is 0. The molecule has 0 bridgehead atoms. The Hall–Kier alpha value is -3.36. The highest BCUT2D eigenvalue weighted by atomic mass is 19.1. The summed E-state index contributed by atoms with van der Waals surface area (Å²) in [6.07, 6.45) is 2.75. The van der Waals surface area contributed by atoms with Crippen molar-refractivity contribution < 1.29 is 23.8 Å². The van der Waals surface area contributed by atoms with Gasteiger partial charge in [-0.1, -0.05) is 49.6 Å². The SMILES string of the molecule is O=C(O[C@@H](C1CCCCC1)[C@H]1[C@H](F)[C@@H]1c1ccccc1)c1cc([N+](=O)[O-])cc([N+](=O)[O-])c1. The third-order valence-corrected chi connectivity index (χ3v) is 6.47. The van der Waals surface area contributed by atoms with Gasteiger partial charge in [0.05, 0.1) is 21.5 Å². The van der Waals surface area contributed by atoms with Gasteiger partial charge in [-0.15, -0.1) is 0 Å². The van der Waals surface area contributed by atoms with Gasteiger partial charge in [-0.2, -0.15) is 0 Å². The van der Waals surface area contributed by atoms with Crippen LogP contribution in [0.3, 0.4) is 0 Å². The molecule has 2 fully saturated rings. The second-order valence-corrected chi connectivity index (χ2v) is 8.48. The lowest BCUT2D eigenvalue weighted by molar-refractivity contribution is -0.394. The van der Waals surface area contributed by atoms with Crippen molar-refractivity contribution in [3.8, 4) is 0 Å². The van der Waals surface area contributed by atoms with E-state index in [1.165, 1.54) is 0 Å². The van der Waals surface area contributed by atoms with Crippen LogP contribution < -0.4 is 0 Å². The van der Waals surface area contributed by atoms with E-state index in [2.05, 4.69) is 0 Å². The zero-order valence-corrected chi connectivity index (χ0v) is 17.3. The maximum atomic E-state index is 15.0. The molecule has 0 heterocycles. The van der Waals surface area contributed by atoms with E-state index in [-0.39, 0.29) is 17.4 Å². The van der Waals surface area contributed by atoms with Crippen LogP contribution >= 0.6 is 0 Å². The molecule has 32 heavy (non-hydrogen) atoms. The van der Waals surface area contributed by atoms with Crippen molar-refractivity contribution in [2.75, 3.05) is 0 Å². The third kappa shape index (κ3) is 4.46. The van der Waals surface area contributed by atoms with Gasteiger partial charge in [-0.25, -0.2) is 9.18 Å². The predicted molar refractivity (Wildman–Crippen MR) is 113 cm³/mol. The minimum absolute atomic E-state index is 0.0154. The molecule has 9 heteroatoms. The Morgan fingerprint density at radius 1 is 0.969 bits per heavy atom. The standard InChI is InChI=1S/C23H23FN2O6/c24-21-19(14-7-3-1-4-8-14)20(21)22(15-9-5-2-6-10-15)32-23(27)16-11-17(25(28)29)13-18(12-16)26(30)31/h1,3-4,7-8,11-13,15,19-22H,2,5-6,9-10H2/t19-,20-,21-,22+/m1/s1. The van der Waals surface area contributed by atoms with E-state index in [4.69, 9.17) is 4.74 Å². The van der Waals surface area contributed by atoms with Crippen molar-refractivity contribution in [2.45, 2.75) is 50.3 Å². The van der Waals surface area contributed by atoms with Crippen molar-refractivity contribution in [2.24, 2.45) is 11.8 Å². The third-order valence-electron chi connectivity index (χ3n) is 6.47. The molecule has 168 valence electrons. The fraction of sp³-hybridized carbons (Fsp3) is 0.435. The van der Waals surface area contributed by atoms with Crippen molar-refractivity contribution in [1.82, 2.24) is 0 Å². The highest BCUT2D eigenvalue weighted by Crippen LogP contribution is 2.55. The molecular weight excluding hydrogens is 419 g/mol. The Morgan fingerprint density at radius 3 is 2.12 bits per heavy atom. The van der Waals surface area contributed by atoms with E-state index in [0.717, 1.165) is 55.9 Å². The van der Waals surface area contributed by atoms with Gasteiger partial charge in [0, 0.05) is 24.0 Å². The minimum Gasteiger partial charge on any atom is -0.458 e. The lowest BCUT2D eigenvalue weighted by Gasteiger charge is -2.30. The summed E-state index contributed by atoms with van der Waals surface area (Å²) in [4.78, 5) is 33.7. The summed E-state index contributed by atoms with van der Waals surface area (Å²) in [6, 6.07) is 11.9. The van der Waals surface area contributed by atoms with Gasteiger partial charge in [0.25, 0.3) is 11.4 Å². The van der Waals surface area contributed by atoms with Crippen LogP contribution in [0.1, 0.15) is 53.9 Å². The van der Waals surface area contributed by atoms with Crippen LogP contribution in [0.4, 0.5) is 15.8 Å². The van der Waals surface area contributed by atoms with Crippen LogP contribution in [-0.2, 0) is 4.74 Å². The molecule has 2 aromatic carbocycles. The van der Waals surface area contributed by atoms with Gasteiger partial charge in [0.2, 0.25) is 0 Å². The van der Waals surface area contributed by atoms with Gasteiger partial charge < -0.3 is 4.74 Å². The number of ether oxygens (including phenoxy) is 1. The molecule has 0 aliphatic heterocycles. The molecule has 2 aromatic rings. The number of carbonyl (C=O) groups excluding carboxylic acids is 1. The Balaban J connectivity index is 1.61. The number of nitro groups is 2. The van der Waals surface area contributed by atoms with Crippen molar-refractivity contribution in [1.29, 1.82) is 0 Å². The second-order valence-electron chi connectivity index (χ2n) is 8.48. The van der Waals surface area contributed by atoms with E-state index in [0.29, 0.717) is 0 Å². The molecule has 8 nitrogen and oxygen atoms in total. The zero-order chi connectivity index (χ0) is 22.8. The topological polar surface area (TPSA) is 113 Å². The van der Waals surface area contributed by atoms with Gasteiger partial charge in [0.15, 0.2) is 0 Å². The molecule has 0 amide bonds. The largest absolute Gasteiger partial charge is 0.458 e. The molecule has 0 N–H and O–H groups in total. The van der Waals surface area contributed by atoms with Gasteiger partial charge in [-0.05, 0) is 24.3 Å². The van der Waals surface area contributed by atoms with E-state index in [1.807, 2.05) is 30.3 Å². The van der Waals surface area contributed by atoms with Crippen LogP contribution in [0, 0.1) is 32.1 Å². The second kappa shape index (κ2) is 9.02. The normalized spacial score (nSPS) is 23.8. The molecule has 2 saturated carbocycles. The predicted octanol–water partition coefficient (Wildman–Crippen LogP) is 5.36. The van der Waals surface area contributed by atoms with Crippen molar-refractivity contribution in [3.63, 3.8) is 0 Å². The molecule has 0 radical (unpaired) electrons. The number of hydrogen-bond acceptors (Lipinski definition) is 6. The van der Waals surface area contributed by atoms with Gasteiger partial charge >= 0.3 is 5.97 Å². The fourth-order valence-electron chi connectivity index (χ4n) is 4.83. The number of benzene rings is 2. The molecule has 0 spiro atoms. The summed E-state index contributed by atoms with van der Waals surface area (Å²) in [6.45, 7) is 0. The Kier molecular flexibility index (Phi) is 6.16. The van der Waals surface area contributed by atoms with Crippen LogP contribution in [0.15, 0.2) is 48.5 Å². The average Bonchev–Trinajstić information content (AvgIpc) is 3.48. The maximum Gasteiger partial charge on any atom is 0.338 e. The molecule has 0 unspecified atom stereocenters. The first-order chi connectivity index (χ1) is 15.4. The van der Waals surface area contributed by atoms with Crippen LogP contribution in [0.2, 0.25) is 0 Å². The number of alkyl halides is 1. The zero-order valence-electron chi connectivity index (χ0n) is 17.3. The average molecular weight is 442 g/mol. The first kappa shape index (κ1) is 21.9. The quantitative estimate of drug-likeness (QED) is 0.324. The first-order valence-corrected chi connectivity index (χ1v) is 10.7. The summed E-state index contributed by atoms with van der Waals surface area (Å²) in [7, 11) is 0. The van der Waals surface area contributed by atoms with Crippen LogP contribution in [0.5, 0.6) is 0 Å². The summed E-state index contributed by atoms with van der Waals surface area (Å²) < 4.78 is 20.7. The monoisotopic (exact) mass is 442 g/mol. The number of esters is 1. The minimum atomic E-state index is -1.16. The van der Waals surface area contributed by atoms with Gasteiger partial charge in [-0.3, -0.25) is 20.2 Å². The van der Waals surface area contributed by atoms with Crippen LogP contribution in [-0.4, -0.2) is 28.1 Å². The highest BCUT2D eigenvalue weighted by molar-refractivity contribution is 5.91. The van der Waals surface area contributed by atoms with E-state index < -0.39 is 45.4 Å². The number of halogens is 1. The number of carbonyl (C=O) groups is 1. The number of rotatable bonds is 7. The van der Waals surface area contributed by atoms with Crippen LogP contribution in [0.25, 0.3) is 0 Å². The van der Waals surface area contributed by atoms with E-state index in [9.17, 15) is 29.4 Å². The number of nitrogens with zero attached hydrogens (tertiary/aromatic N) is 2. The number of hydrogen-bond donors (Lipinski definition) is 0. The lowest BCUT2D eigenvalue weighted by atomic mass is 9.82. The molecule has 0 saturated heterocycles. The van der Waals surface area contributed by atoms with Crippen molar-refractivity contribution in [3.05, 3.63) is 79.9 Å². The summed E-state index contributed by atoms with van der Waals surface area (Å²) in [5.41, 5.74) is -0.582. The Morgan fingerprint density at radius 2 is 1.56 bits per heavy atom. The lowest BCUT2D eigenvalue weighted by Crippen LogP contribution is -2.32. The van der Waals surface area contributed by atoms with Crippen molar-refractivity contribution >= 4 is 17.3 Å². The number of nitro benzene ring substituents is 2. The first-order valence-electron chi connectivity index (χ1n) is 10.7. The molecule has 2 aliphatic rings. The Bertz CT molecular complexity index is 992. The summed E-state index contributed by atoms with van der Waals surface area (Å²) in [5, 5.41) is 22.3. The van der Waals surface area contributed by atoms with E-state index >= 15 is 0 Å². The molecule has 0 aromatic heterocycles. The molecule has 4 atom stereocenters. The molecule has 2 aliphatic carbocycles. The number of non-ortho nitro benzene ring substituents is 2. The Labute approximate surface area is 183 Å². The molecular formula is C23H23FN2O6. The molecule has 4 rings (SSSR count).